The van der Waals surface area contributed by atoms with Gasteiger partial charge in [0.2, 0.25) is 5.91 Å². The SMILES string of the molecule is NCC1(C(=O)NC2C=CC(C(=O)O)C2)CCCC1. The van der Waals surface area contributed by atoms with Gasteiger partial charge in [-0.1, -0.05) is 25.0 Å². The molecule has 0 aromatic rings. The van der Waals surface area contributed by atoms with Crippen LogP contribution < -0.4 is 11.1 Å². The Kier molecular flexibility index (Phi) is 3.71. The van der Waals surface area contributed by atoms with Crippen molar-refractivity contribution in [3.8, 4) is 0 Å². The first kappa shape index (κ1) is 13.1. The summed E-state index contributed by atoms with van der Waals surface area (Å²) in [6.07, 6.45) is 7.64. The molecule has 1 saturated carbocycles. The summed E-state index contributed by atoms with van der Waals surface area (Å²) in [6.45, 7) is 0.373. The molecule has 5 heteroatoms. The van der Waals surface area contributed by atoms with Crippen molar-refractivity contribution >= 4 is 11.9 Å². The minimum Gasteiger partial charge on any atom is -0.481 e. The maximum absolute atomic E-state index is 12.3. The van der Waals surface area contributed by atoms with Crippen LogP contribution in [0.2, 0.25) is 0 Å². The fourth-order valence-electron chi connectivity index (χ4n) is 2.89. The van der Waals surface area contributed by atoms with Gasteiger partial charge < -0.3 is 16.2 Å². The number of amides is 1. The van der Waals surface area contributed by atoms with Crippen molar-refractivity contribution in [3.05, 3.63) is 12.2 Å². The van der Waals surface area contributed by atoms with Gasteiger partial charge in [-0.2, -0.15) is 0 Å². The van der Waals surface area contributed by atoms with Gasteiger partial charge in [-0.15, -0.1) is 0 Å². The van der Waals surface area contributed by atoms with E-state index >= 15 is 0 Å². The molecule has 0 heterocycles. The normalized spacial score (nSPS) is 29.4. The molecule has 0 radical (unpaired) electrons. The zero-order valence-corrected chi connectivity index (χ0v) is 10.4. The monoisotopic (exact) mass is 252 g/mol. The van der Waals surface area contributed by atoms with E-state index in [4.69, 9.17) is 10.8 Å². The van der Waals surface area contributed by atoms with Gasteiger partial charge in [0.15, 0.2) is 0 Å². The maximum Gasteiger partial charge on any atom is 0.310 e. The average molecular weight is 252 g/mol. The van der Waals surface area contributed by atoms with Crippen molar-refractivity contribution in [3.63, 3.8) is 0 Å². The number of nitrogens with one attached hydrogen (secondary N) is 1. The number of carbonyl (C=O) groups excluding carboxylic acids is 1. The number of hydrogen-bond acceptors (Lipinski definition) is 3. The Balaban J connectivity index is 1.93. The zero-order valence-electron chi connectivity index (χ0n) is 10.4. The molecule has 2 aliphatic rings. The van der Waals surface area contributed by atoms with E-state index in [9.17, 15) is 9.59 Å². The van der Waals surface area contributed by atoms with Crippen LogP contribution in [0.4, 0.5) is 0 Å². The zero-order chi connectivity index (χ0) is 13.2. The molecule has 0 bridgehead atoms. The first-order chi connectivity index (χ1) is 8.57. The first-order valence-electron chi connectivity index (χ1n) is 6.49. The molecule has 100 valence electrons. The molecule has 0 aliphatic heterocycles. The quantitative estimate of drug-likeness (QED) is 0.640. The van der Waals surface area contributed by atoms with Crippen LogP contribution in [0.5, 0.6) is 0 Å². The molecule has 2 rings (SSSR count). The summed E-state index contributed by atoms with van der Waals surface area (Å²) in [7, 11) is 0. The van der Waals surface area contributed by atoms with E-state index in [1.54, 1.807) is 12.2 Å². The minimum absolute atomic E-state index is 0.0109. The molecule has 4 N–H and O–H groups in total. The highest BCUT2D eigenvalue weighted by atomic mass is 16.4. The number of nitrogens with two attached hydrogens (primary N) is 1. The Morgan fingerprint density at radius 3 is 2.50 bits per heavy atom. The molecule has 0 saturated heterocycles. The van der Waals surface area contributed by atoms with Gasteiger partial charge in [0, 0.05) is 12.6 Å². The Morgan fingerprint density at radius 2 is 2.00 bits per heavy atom. The predicted molar refractivity (Wildman–Crippen MR) is 66.8 cm³/mol. The molecule has 0 spiro atoms. The van der Waals surface area contributed by atoms with Crippen molar-refractivity contribution < 1.29 is 14.7 Å². The third-order valence-electron chi connectivity index (χ3n) is 4.15. The Morgan fingerprint density at radius 1 is 1.33 bits per heavy atom. The Bertz CT molecular complexity index is 372. The number of rotatable bonds is 4. The van der Waals surface area contributed by atoms with Crippen molar-refractivity contribution in [2.45, 2.75) is 38.1 Å². The lowest BCUT2D eigenvalue weighted by molar-refractivity contribution is -0.140. The molecule has 18 heavy (non-hydrogen) atoms. The summed E-state index contributed by atoms with van der Waals surface area (Å²) in [6, 6.07) is -0.164. The van der Waals surface area contributed by atoms with E-state index in [1.165, 1.54) is 0 Å². The average Bonchev–Trinajstić information content (AvgIpc) is 2.97. The lowest BCUT2D eigenvalue weighted by Crippen LogP contribution is -2.47. The van der Waals surface area contributed by atoms with E-state index in [0.29, 0.717) is 13.0 Å². The van der Waals surface area contributed by atoms with Crippen molar-refractivity contribution in [2.75, 3.05) is 6.54 Å². The summed E-state index contributed by atoms with van der Waals surface area (Å²) in [5.41, 5.74) is 5.33. The molecule has 2 atom stereocenters. The van der Waals surface area contributed by atoms with Crippen molar-refractivity contribution in [1.29, 1.82) is 0 Å². The number of carboxylic acids is 1. The Labute approximate surface area is 106 Å². The van der Waals surface area contributed by atoms with Gasteiger partial charge in [0.05, 0.1) is 11.3 Å². The van der Waals surface area contributed by atoms with E-state index in [1.807, 2.05) is 0 Å². The second kappa shape index (κ2) is 5.10. The summed E-state index contributed by atoms with van der Waals surface area (Å²) in [4.78, 5) is 23.1. The van der Waals surface area contributed by atoms with Crippen LogP contribution in [0, 0.1) is 11.3 Å². The third kappa shape index (κ3) is 2.41. The highest BCUT2D eigenvalue weighted by Gasteiger charge is 2.40. The lowest BCUT2D eigenvalue weighted by atomic mass is 9.85. The lowest BCUT2D eigenvalue weighted by Gasteiger charge is -2.27. The van der Waals surface area contributed by atoms with Crippen molar-refractivity contribution in [1.82, 2.24) is 5.32 Å². The smallest absolute Gasteiger partial charge is 0.310 e. The number of hydrogen-bond donors (Lipinski definition) is 3. The van der Waals surface area contributed by atoms with Crippen LogP contribution in [0.1, 0.15) is 32.1 Å². The van der Waals surface area contributed by atoms with Gasteiger partial charge in [-0.05, 0) is 19.3 Å². The van der Waals surface area contributed by atoms with E-state index in [-0.39, 0.29) is 11.9 Å². The van der Waals surface area contributed by atoms with Gasteiger partial charge >= 0.3 is 5.97 Å². The van der Waals surface area contributed by atoms with Crippen LogP contribution in [0.15, 0.2) is 12.2 Å². The summed E-state index contributed by atoms with van der Waals surface area (Å²) in [5, 5.41) is 11.8. The summed E-state index contributed by atoms with van der Waals surface area (Å²) >= 11 is 0. The summed E-state index contributed by atoms with van der Waals surface area (Å²) < 4.78 is 0. The predicted octanol–water partition coefficient (Wildman–Crippen LogP) is 0.651. The second-order valence-electron chi connectivity index (χ2n) is 5.34. The molecule has 5 nitrogen and oxygen atoms in total. The van der Waals surface area contributed by atoms with Gasteiger partial charge in [0.1, 0.15) is 0 Å². The molecule has 1 amide bonds. The van der Waals surface area contributed by atoms with Crippen LogP contribution in [-0.2, 0) is 9.59 Å². The molecule has 2 aliphatic carbocycles. The van der Waals surface area contributed by atoms with E-state index in [2.05, 4.69) is 5.32 Å². The summed E-state index contributed by atoms with van der Waals surface area (Å²) in [5.74, 6) is -1.33. The molecular formula is C13H20N2O3. The standard InChI is InChI=1S/C13H20N2O3/c14-8-13(5-1-2-6-13)12(18)15-10-4-3-9(7-10)11(16)17/h3-4,9-10H,1-2,5-8,14H2,(H,15,18)(H,16,17). The number of carbonyl (C=O) groups is 2. The third-order valence-corrected chi connectivity index (χ3v) is 4.15. The van der Waals surface area contributed by atoms with Gasteiger partial charge in [0.25, 0.3) is 0 Å². The first-order valence-corrected chi connectivity index (χ1v) is 6.49. The van der Waals surface area contributed by atoms with E-state index < -0.39 is 17.3 Å². The maximum atomic E-state index is 12.3. The topological polar surface area (TPSA) is 92.4 Å². The Hall–Kier alpha value is -1.36. The van der Waals surface area contributed by atoms with Crippen LogP contribution in [0.3, 0.4) is 0 Å². The van der Waals surface area contributed by atoms with Crippen LogP contribution in [0.25, 0.3) is 0 Å². The molecule has 0 aromatic heterocycles. The number of carboxylic acid groups (broad SMARTS) is 1. The minimum atomic E-state index is -0.836. The second-order valence-corrected chi connectivity index (χ2v) is 5.34. The molecule has 1 fully saturated rings. The fourth-order valence-corrected chi connectivity index (χ4v) is 2.89. The van der Waals surface area contributed by atoms with Gasteiger partial charge in [-0.25, -0.2) is 0 Å². The fraction of sp³-hybridized carbons (Fsp3) is 0.692. The van der Waals surface area contributed by atoms with Crippen LogP contribution in [-0.4, -0.2) is 29.6 Å². The van der Waals surface area contributed by atoms with Crippen LogP contribution >= 0.6 is 0 Å². The van der Waals surface area contributed by atoms with E-state index in [0.717, 1.165) is 25.7 Å². The highest BCUT2D eigenvalue weighted by molar-refractivity contribution is 5.84. The largest absolute Gasteiger partial charge is 0.481 e. The molecule has 0 aromatic carbocycles. The van der Waals surface area contributed by atoms with Crippen molar-refractivity contribution in [2.24, 2.45) is 17.1 Å². The highest BCUT2D eigenvalue weighted by Crippen LogP contribution is 2.37. The van der Waals surface area contributed by atoms with Gasteiger partial charge in [-0.3, -0.25) is 9.59 Å². The number of aliphatic carboxylic acids is 1. The molecule has 2 unspecified atom stereocenters. The molecular weight excluding hydrogens is 232 g/mol.